The van der Waals surface area contributed by atoms with Gasteiger partial charge >= 0.3 is 5.69 Å². The average molecular weight is 355 g/mol. The molecule has 0 atom stereocenters. The minimum absolute atomic E-state index is 0.159. The van der Waals surface area contributed by atoms with Gasteiger partial charge in [0.25, 0.3) is 5.56 Å². The fourth-order valence-electron chi connectivity index (χ4n) is 2.47. The van der Waals surface area contributed by atoms with Crippen molar-refractivity contribution in [3.8, 4) is 16.9 Å². The lowest BCUT2D eigenvalue weighted by atomic mass is 10.1. The first-order chi connectivity index (χ1) is 11.5. The third-order valence-electron chi connectivity index (χ3n) is 3.56. The van der Waals surface area contributed by atoms with E-state index in [1.165, 1.54) is 27.5 Å². The molecule has 0 unspecified atom stereocenters. The standard InChI is InChI=1S/C16H19ClN2O5/c1-22-8-10(9-23-2)19-15(20)12(7-18-16(19)21)11-5-4-6-13(24-3)14(11)17/h4-7,10H,8-9H2,1-3H3,(H,18,21). The highest BCUT2D eigenvalue weighted by molar-refractivity contribution is 6.34. The van der Waals surface area contributed by atoms with E-state index in [1.807, 2.05) is 0 Å². The molecule has 0 fully saturated rings. The highest BCUT2D eigenvalue weighted by Crippen LogP contribution is 2.33. The summed E-state index contributed by atoms with van der Waals surface area (Å²) in [4.78, 5) is 27.6. The quantitative estimate of drug-likeness (QED) is 0.818. The molecule has 1 N–H and O–H groups in total. The number of nitrogens with zero attached hydrogens (tertiary/aromatic N) is 1. The van der Waals surface area contributed by atoms with Gasteiger partial charge in [-0.2, -0.15) is 0 Å². The van der Waals surface area contributed by atoms with Crippen molar-refractivity contribution in [2.75, 3.05) is 34.5 Å². The van der Waals surface area contributed by atoms with Gasteiger partial charge in [0, 0.05) is 26.0 Å². The summed E-state index contributed by atoms with van der Waals surface area (Å²) in [5.74, 6) is 0.441. The summed E-state index contributed by atoms with van der Waals surface area (Å²) in [5.41, 5.74) is -0.287. The number of rotatable bonds is 7. The van der Waals surface area contributed by atoms with Crippen LogP contribution in [-0.2, 0) is 9.47 Å². The van der Waals surface area contributed by atoms with Gasteiger partial charge in [-0.1, -0.05) is 23.7 Å². The molecule has 0 saturated heterocycles. The Labute approximate surface area is 143 Å². The monoisotopic (exact) mass is 354 g/mol. The molecule has 130 valence electrons. The Balaban J connectivity index is 2.65. The largest absolute Gasteiger partial charge is 0.495 e. The number of aromatic nitrogens is 2. The summed E-state index contributed by atoms with van der Waals surface area (Å²) in [5, 5.41) is 0.297. The highest BCUT2D eigenvalue weighted by Gasteiger charge is 2.20. The van der Waals surface area contributed by atoms with Crippen molar-refractivity contribution < 1.29 is 14.2 Å². The summed E-state index contributed by atoms with van der Waals surface area (Å²) in [6.45, 7) is 0.318. The van der Waals surface area contributed by atoms with Crippen molar-refractivity contribution in [3.05, 3.63) is 50.3 Å². The molecule has 0 bridgehead atoms. The van der Waals surface area contributed by atoms with Crippen molar-refractivity contribution >= 4 is 11.6 Å². The van der Waals surface area contributed by atoms with Crippen LogP contribution in [0.5, 0.6) is 5.75 Å². The molecule has 0 spiro atoms. The van der Waals surface area contributed by atoms with Crippen molar-refractivity contribution in [3.63, 3.8) is 0 Å². The predicted octanol–water partition coefficient (Wildman–Crippen LogP) is 1.70. The molecule has 0 saturated carbocycles. The zero-order valence-corrected chi connectivity index (χ0v) is 14.4. The molecule has 1 heterocycles. The molecule has 2 rings (SSSR count). The van der Waals surface area contributed by atoms with E-state index in [0.717, 1.165) is 4.57 Å². The molecule has 7 nitrogen and oxygen atoms in total. The normalized spacial score (nSPS) is 11.0. The summed E-state index contributed by atoms with van der Waals surface area (Å²) in [6, 6.07) is 4.54. The molecule has 0 aliphatic rings. The maximum Gasteiger partial charge on any atom is 0.328 e. The van der Waals surface area contributed by atoms with Gasteiger partial charge in [0.1, 0.15) is 5.75 Å². The number of ether oxygens (including phenoxy) is 3. The van der Waals surface area contributed by atoms with E-state index < -0.39 is 17.3 Å². The Morgan fingerprint density at radius 2 is 1.79 bits per heavy atom. The SMILES string of the molecule is COCC(COC)n1c(=O)[nH]cc(-c2cccc(OC)c2Cl)c1=O. The number of methoxy groups -OCH3 is 3. The smallest absolute Gasteiger partial charge is 0.328 e. The van der Waals surface area contributed by atoms with Crippen molar-refractivity contribution in [1.82, 2.24) is 9.55 Å². The van der Waals surface area contributed by atoms with Crippen LogP contribution in [0.3, 0.4) is 0 Å². The number of hydrogen-bond acceptors (Lipinski definition) is 5. The lowest BCUT2D eigenvalue weighted by molar-refractivity contribution is 0.0859. The van der Waals surface area contributed by atoms with Crippen LogP contribution >= 0.6 is 11.6 Å². The second-order valence-electron chi connectivity index (χ2n) is 5.07. The second-order valence-corrected chi connectivity index (χ2v) is 5.45. The third-order valence-corrected chi connectivity index (χ3v) is 3.95. The number of hydrogen-bond donors (Lipinski definition) is 1. The van der Waals surface area contributed by atoms with Gasteiger partial charge in [-0.05, 0) is 6.07 Å². The Morgan fingerprint density at radius 1 is 1.12 bits per heavy atom. The van der Waals surface area contributed by atoms with Gasteiger partial charge in [0.2, 0.25) is 0 Å². The number of aromatic amines is 1. The van der Waals surface area contributed by atoms with Crippen LogP contribution in [0.15, 0.2) is 34.0 Å². The van der Waals surface area contributed by atoms with E-state index >= 15 is 0 Å². The third kappa shape index (κ3) is 3.53. The molecule has 24 heavy (non-hydrogen) atoms. The summed E-state index contributed by atoms with van der Waals surface area (Å²) < 4.78 is 16.4. The molecule has 0 aliphatic carbocycles. The maximum atomic E-state index is 12.9. The first-order valence-corrected chi connectivity index (χ1v) is 7.57. The van der Waals surface area contributed by atoms with E-state index in [4.69, 9.17) is 25.8 Å². The van der Waals surface area contributed by atoms with Crippen molar-refractivity contribution in [1.29, 1.82) is 0 Å². The summed E-state index contributed by atoms with van der Waals surface area (Å²) in [6.07, 6.45) is 1.35. The molecule has 8 heteroatoms. The molecular weight excluding hydrogens is 336 g/mol. The van der Waals surface area contributed by atoms with E-state index in [-0.39, 0.29) is 18.8 Å². The first kappa shape index (κ1) is 18.3. The Morgan fingerprint density at radius 3 is 2.38 bits per heavy atom. The van der Waals surface area contributed by atoms with Crippen LogP contribution in [-0.4, -0.2) is 44.1 Å². The van der Waals surface area contributed by atoms with E-state index in [2.05, 4.69) is 4.98 Å². The molecule has 2 aromatic rings. The highest BCUT2D eigenvalue weighted by atomic mass is 35.5. The summed E-state index contributed by atoms with van der Waals surface area (Å²) in [7, 11) is 4.47. The first-order valence-electron chi connectivity index (χ1n) is 7.20. The molecule has 0 amide bonds. The van der Waals surface area contributed by atoms with Crippen molar-refractivity contribution in [2.24, 2.45) is 0 Å². The van der Waals surface area contributed by atoms with E-state index in [0.29, 0.717) is 16.3 Å². The fourth-order valence-corrected chi connectivity index (χ4v) is 2.78. The Kier molecular flexibility index (Phi) is 6.19. The zero-order chi connectivity index (χ0) is 17.7. The Bertz CT molecular complexity index is 809. The summed E-state index contributed by atoms with van der Waals surface area (Å²) >= 11 is 6.29. The lowest BCUT2D eigenvalue weighted by Crippen LogP contribution is -2.41. The molecule has 0 aliphatic heterocycles. The van der Waals surface area contributed by atoms with Crippen LogP contribution in [0.4, 0.5) is 0 Å². The predicted molar refractivity (Wildman–Crippen MR) is 91.1 cm³/mol. The molecule has 0 radical (unpaired) electrons. The molecule has 1 aromatic heterocycles. The van der Waals surface area contributed by atoms with Crippen LogP contribution in [0, 0.1) is 0 Å². The van der Waals surface area contributed by atoms with Gasteiger partial charge in [-0.15, -0.1) is 0 Å². The van der Waals surface area contributed by atoms with Crippen LogP contribution in [0.25, 0.3) is 11.1 Å². The average Bonchev–Trinajstić information content (AvgIpc) is 2.56. The fraction of sp³-hybridized carbons (Fsp3) is 0.375. The van der Waals surface area contributed by atoms with Crippen LogP contribution in [0.2, 0.25) is 5.02 Å². The molecule has 1 aromatic carbocycles. The minimum Gasteiger partial charge on any atom is -0.495 e. The zero-order valence-electron chi connectivity index (χ0n) is 13.7. The number of H-pyrrole nitrogens is 1. The maximum absolute atomic E-state index is 12.9. The lowest BCUT2D eigenvalue weighted by Gasteiger charge is -2.18. The van der Waals surface area contributed by atoms with Crippen LogP contribution in [0.1, 0.15) is 6.04 Å². The van der Waals surface area contributed by atoms with Crippen molar-refractivity contribution in [2.45, 2.75) is 6.04 Å². The minimum atomic E-state index is -0.555. The van der Waals surface area contributed by atoms with Gasteiger partial charge in [0.15, 0.2) is 0 Å². The van der Waals surface area contributed by atoms with E-state index in [1.54, 1.807) is 18.2 Å². The van der Waals surface area contributed by atoms with Gasteiger partial charge < -0.3 is 19.2 Å². The number of benzene rings is 1. The van der Waals surface area contributed by atoms with Gasteiger partial charge in [0.05, 0.1) is 37.0 Å². The number of halogens is 1. The second kappa shape index (κ2) is 8.14. The van der Waals surface area contributed by atoms with E-state index in [9.17, 15) is 9.59 Å². The van der Waals surface area contributed by atoms with Gasteiger partial charge in [-0.25, -0.2) is 4.79 Å². The molecular formula is C16H19ClN2O5. The number of nitrogens with one attached hydrogen (secondary N) is 1. The Hall–Kier alpha value is -2.09. The van der Waals surface area contributed by atoms with Crippen LogP contribution < -0.4 is 16.0 Å². The van der Waals surface area contributed by atoms with Gasteiger partial charge in [-0.3, -0.25) is 9.36 Å². The topological polar surface area (TPSA) is 82.6 Å².